The maximum absolute atomic E-state index is 5.70. The van der Waals surface area contributed by atoms with E-state index in [2.05, 4.69) is 40.9 Å². The molecule has 0 atom stereocenters. The van der Waals surface area contributed by atoms with E-state index in [0.29, 0.717) is 0 Å². The van der Waals surface area contributed by atoms with E-state index in [4.69, 9.17) is 11.4 Å². The smallest absolute Gasteiger partial charge is 0.142 e. The van der Waals surface area contributed by atoms with Crippen molar-refractivity contribution in [3.63, 3.8) is 0 Å². The quantitative estimate of drug-likeness (QED) is 0.644. The lowest BCUT2D eigenvalue weighted by atomic mass is 9.89. The van der Waals surface area contributed by atoms with Gasteiger partial charge >= 0.3 is 0 Å². The number of hydrogen-bond acceptors (Lipinski definition) is 3. The molecule has 0 spiro atoms. The van der Waals surface area contributed by atoms with Crippen molar-refractivity contribution in [3.8, 4) is 22.9 Å². The van der Waals surface area contributed by atoms with Crippen LogP contribution in [0.4, 0.5) is 5.82 Å². The van der Waals surface area contributed by atoms with E-state index < -0.39 is 0 Å². The number of thiophene rings is 1. The number of pyridine rings is 1. The molecule has 1 saturated carbocycles. The van der Waals surface area contributed by atoms with Gasteiger partial charge in [0.1, 0.15) is 17.2 Å². The summed E-state index contributed by atoms with van der Waals surface area (Å²) < 4.78 is 2.17. The van der Waals surface area contributed by atoms with Crippen molar-refractivity contribution >= 4 is 22.8 Å². The molecule has 3 nitrogen and oxygen atoms in total. The number of hydrogen-bond donors (Lipinski definition) is 1. The second-order valence-corrected chi connectivity index (χ2v) is 7.80. The van der Waals surface area contributed by atoms with Gasteiger partial charge in [-0.2, -0.15) is 0 Å². The number of fused-ring (bicyclic) bond motifs is 1. The normalized spacial score (nSPS) is 15.4. The third-order valence-electron chi connectivity index (χ3n) is 5.16. The van der Waals surface area contributed by atoms with Gasteiger partial charge in [0.25, 0.3) is 0 Å². The number of imidazole rings is 1. The SMILES string of the molecule is C#Cc1ccsc1-c1nc2c(C)cccn2c1NCC1CCCCC1. The van der Waals surface area contributed by atoms with Crippen LogP contribution in [-0.2, 0) is 0 Å². The maximum atomic E-state index is 5.70. The number of rotatable bonds is 4. The Morgan fingerprint density at radius 2 is 2.16 bits per heavy atom. The Morgan fingerprint density at radius 3 is 2.96 bits per heavy atom. The molecule has 0 aromatic carbocycles. The fourth-order valence-corrected chi connectivity index (χ4v) is 4.62. The number of aryl methyl sites for hydroxylation is 1. The molecule has 3 aromatic heterocycles. The molecule has 128 valence electrons. The minimum atomic E-state index is 0.757. The van der Waals surface area contributed by atoms with E-state index in [1.165, 1.54) is 37.7 Å². The van der Waals surface area contributed by atoms with Gasteiger partial charge in [0, 0.05) is 18.3 Å². The third-order valence-corrected chi connectivity index (χ3v) is 6.09. The minimum absolute atomic E-state index is 0.757. The number of nitrogens with one attached hydrogen (secondary N) is 1. The Bertz CT molecular complexity index is 922. The largest absolute Gasteiger partial charge is 0.369 e. The third kappa shape index (κ3) is 3.05. The van der Waals surface area contributed by atoms with Crippen LogP contribution in [0.3, 0.4) is 0 Å². The fraction of sp³-hybridized carbons (Fsp3) is 0.381. The second kappa shape index (κ2) is 6.93. The van der Waals surface area contributed by atoms with Crippen LogP contribution in [-0.4, -0.2) is 15.9 Å². The predicted molar refractivity (Wildman–Crippen MR) is 106 cm³/mol. The molecule has 4 heteroatoms. The topological polar surface area (TPSA) is 29.3 Å². The highest BCUT2D eigenvalue weighted by molar-refractivity contribution is 7.13. The van der Waals surface area contributed by atoms with E-state index >= 15 is 0 Å². The van der Waals surface area contributed by atoms with Gasteiger partial charge in [-0.1, -0.05) is 31.2 Å². The first-order chi connectivity index (χ1) is 12.3. The van der Waals surface area contributed by atoms with Crippen molar-refractivity contribution in [2.75, 3.05) is 11.9 Å². The van der Waals surface area contributed by atoms with Gasteiger partial charge in [0.05, 0.1) is 4.88 Å². The first-order valence-electron chi connectivity index (χ1n) is 9.04. The van der Waals surface area contributed by atoms with Crippen LogP contribution in [0.1, 0.15) is 43.2 Å². The molecule has 4 rings (SSSR count). The van der Waals surface area contributed by atoms with Crippen LogP contribution >= 0.6 is 11.3 Å². The van der Waals surface area contributed by atoms with E-state index in [1.807, 2.05) is 11.4 Å². The lowest BCUT2D eigenvalue weighted by Gasteiger charge is -2.22. The molecule has 25 heavy (non-hydrogen) atoms. The monoisotopic (exact) mass is 349 g/mol. The molecule has 0 aliphatic heterocycles. The molecule has 1 aliphatic rings. The van der Waals surface area contributed by atoms with Crippen LogP contribution in [0.5, 0.6) is 0 Å². The number of nitrogens with zero attached hydrogens (tertiary/aromatic N) is 2. The maximum Gasteiger partial charge on any atom is 0.142 e. The molecule has 1 fully saturated rings. The van der Waals surface area contributed by atoms with Gasteiger partial charge in [-0.15, -0.1) is 17.8 Å². The summed E-state index contributed by atoms with van der Waals surface area (Å²) in [5.74, 6) is 4.63. The molecular weight excluding hydrogens is 326 g/mol. The van der Waals surface area contributed by atoms with E-state index in [0.717, 1.165) is 40.1 Å². The summed E-state index contributed by atoms with van der Waals surface area (Å²) in [5, 5.41) is 5.76. The summed E-state index contributed by atoms with van der Waals surface area (Å²) in [6.45, 7) is 3.11. The van der Waals surface area contributed by atoms with Gasteiger partial charge < -0.3 is 5.32 Å². The van der Waals surface area contributed by atoms with Crippen molar-refractivity contribution in [1.82, 2.24) is 9.38 Å². The molecule has 0 amide bonds. The molecule has 1 aliphatic carbocycles. The van der Waals surface area contributed by atoms with Crippen LogP contribution in [0.2, 0.25) is 0 Å². The molecule has 0 saturated heterocycles. The molecular formula is C21H23N3S. The summed E-state index contributed by atoms with van der Waals surface area (Å²) in [7, 11) is 0. The van der Waals surface area contributed by atoms with Gasteiger partial charge in [-0.25, -0.2) is 4.98 Å². The Morgan fingerprint density at radius 1 is 1.32 bits per heavy atom. The zero-order valence-corrected chi connectivity index (χ0v) is 15.4. The highest BCUT2D eigenvalue weighted by Crippen LogP contribution is 2.36. The first-order valence-corrected chi connectivity index (χ1v) is 9.92. The van der Waals surface area contributed by atoms with Gasteiger partial charge in [-0.3, -0.25) is 4.40 Å². The van der Waals surface area contributed by atoms with Crippen LogP contribution in [0, 0.1) is 25.2 Å². The zero-order valence-electron chi connectivity index (χ0n) is 14.6. The highest BCUT2D eigenvalue weighted by atomic mass is 32.1. The van der Waals surface area contributed by atoms with Crippen LogP contribution < -0.4 is 5.32 Å². The van der Waals surface area contributed by atoms with Crippen molar-refractivity contribution in [3.05, 3.63) is 40.9 Å². The molecule has 0 bridgehead atoms. The summed E-state index contributed by atoms with van der Waals surface area (Å²) >= 11 is 1.67. The molecule has 1 N–H and O–H groups in total. The minimum Gasteiger partial charge on any atom is -0.369 e. The Balaban J connectivity index is 1.76. The zero-order chi connectivity index (χ0) is 17.2. The number of aromatic nitrogens is 2. The van der Waals surface area contributed by atoms with Crippen LogP contribution in [0.25, 0.3) is 16.2 Å². The number of anilines is 1. The van der Waals surface area contributed by atoms with Gasteiger partial charge in [0.15, 0.2) is 0 Å². The highest BCUT2D eigenvalue weighted by Gasteiger charge is 2.20. The van der Waals surface area contributed by atoms with Crippen molar-refractivity contribution in [2.45, 2.75) is 39.0 Å². The summed E-state index contributed by atoms with van der Waals surface area (Å²) in [4.78, 5) is 6.02. The Labute approximate surface area is 153 Å². The first kappa shape index (κ1) is 16.2. The lowest BCUT2D eigenvalue weighted by Crippen LogP contribution is -2.18. The summed E-state index contributed by atoms with van der Waals surface area (Å²) in [6, 6.07) is 6.19. The number of terminal acetylenes is 1. The molecule has 3 aromatic rings. The van der Waals surface area contributed by atoms with E-state index in [1.54, 1.807) is 11.3 Å². The summed E-state index contributed by atoms with van der Waals surface area (Å²) in [6.07, 6.45) is 14.5. The second-order valence-electron chi connectivity index (χ2n) is 6.89. The van der Waals surface area contributed by atoms with Gasteiger partial charge in [0.2, 0.25) is 0 Å². The summed E-state index contributed by atoms with van der Waals surface area (Å²) in [5.41, 5.74) is 4.08. The standard InChI is InChI=1S/C21H23N3S/c1-3-17-11-13-25-19(17)18-21(22-14-16-9-5-4-6-10-16)24-12-7-8-15(2)20(24)23-18/h1,7-8,11-13,16,22H,4-6,9-10,14H2,2H3. The Hall–Kier alpha value is -2.25. The van der Waals surface area contributed by atoms with Gasteiger partial charge in [-0.05, 0) is 48.8 Å². The van der Waals surface area contributed by atoms with Crippen molar-refractivity contribution < 1.29 is 0 Å². The fourth-order valence-electron chi connectivity index (χ4n) is 3.77. The molecule has 0 unspecified atom stereocenters. The van der Waals surface area contributed by atoms with E-state index in [-0.39, 0.29) is 0 Å². The van der Waals surface area contributed by atoms with E-state index in [9.17, 15) is 0 Å². The molecule has 0 radical (unpaired) electrons. The lowest BCUT2D eigenvalue weighted by molar-refractivity contribution is 0.373. The predicted octanol–water partition coefficient (Wildman–Crippen LogP) is 5.34. The molecule has 3 heterocycles. The Kier molecular flexibility index (Phi) is 4.50. The average Bonchev–Trinajstić information content (AvgIpc) is 3.25. The van der Waals surface area contributed by atoms with Crippen molar-refractivity contribution in [1.29, 1.82) is 0 Å². The van der Waals surface area contributed by atoms with Crippen LogP contribution in [0.15, 0.2) is 29.8 Å². The average molecular weight is 350 g/mol. The van der Waals surface area contributed by atoms with Crippen molar-refractivity contribution in [2.24, 2.45) is 5.92 Å².